The fourth-order valence-corrected chi connectivity index (χ4v) is 1.67. The van der Waals surface area contributed by atoms with E-state index < -0.39 is 0 Å². The van der Waals surface area contributed by atoms with E-state index in [-0.39, 0.29) is 0 Å². The lowest BCUT2D eigenvalue weighted by molar-refractivity contribution is 0.323. The van der Waals surface area contributed by atoms with Gasteiger partial charge in [-0.1, -0.05) is 6.92 Å². The van der Waals surface area contributed by atoms with E-state index in [9.17, 15) is 0 Å². The fourth-order valence-electron chi connectivity index (χ4n) is 1.67. The minimum absolute atomic E-state index is 0.490. The molecule has 1 rings (SSSR count). The van der Waals surface area contributed by atoms with Gasteiger partial charge in [-0.25, -0.2) is 0 Å². The Balaban J connectivity index is 2.93. The van der Waals surface area contributed by atoms with E-state index in [4.69, 9.17) is 14.2 Å². The molecule has 0 aliphatic heterocycles. The zero-order chi connectivity index (χ0) is 13.5. The summed E-state index contributed by atoms with van der Waals surface area (Å²) in [5.74, 6) is 2.02. The molecule has 0 aromatic heterocycles. The van der Waals surface area contributed by atoms with Gasteiger partial charge in [0.1, 0.15) is 0 Å². The summed E-state index contributed by atoms with van der Waals surface area (Å²) < 4.78 is 15.9. The summed E-state index contributed by atoms with van der Waals surface area (Å²) in [6.07, 6.45) is 1.10. The van der Waals surface area contributed by atoms with Crippen LogP contribution in [-0.2, 0) is 6.54 Å². The quantitative estimate of drug-likeness (QED) is 0.811. The SMILES string of the molecule is CCC(C)NCc1cc(OC)c(OC)c(OC)c1. The molecule has 4 heteroatoms. The van der Waals surface area contributed by atoms with Crippen LogP contribution in [0.4, 0.5) is 0 Å². The molecule has 0 aliphatic rings. The molecule has 0 saturated heterocycles. The third kappa shape index (κ3) is 3.53. The first-order valence-electron chi connectivity index (χ1n) is 6.18. The van der Waals surface area contributed by atoms with Crippen LogP contribution in [0, 0.1) is 0 Å². The van der Waals surface area contributed by atoms with Gasteiger partial charge in [0.25, 0.3) is 0 Å². The maximum absolute atomic E-state index is 5.32. The van der Waals surface area contributed by atoms with Gasteiger partial charge in [-0.3, -0.25) is 0 Å². The minimum atomic E-state index is 0.490. The van der Waals surface area contributed by atoms with Gasteiger partial charge < -0.3 is 19.5 Å². The number of methoxy groups -OCH3 is 3. The second-order valence-corrected chi connectivity index (χ2v) is 4.22. The Morgan fingerprint density at radius 1 is 1.06 bits per heavy atom. The summed E-state index contributed by atoms with van der Waals surface area (Å²) in [6, 6.07) is 4.43. The zero-order valence-corrected chi connectivity index (χ0v) is 11.9. The van der Waals surface area contributed by atoms with Crippen molar-refractivity contribution in [1.82, 2.24) is 5.32 Å². The molecule has 1 aromatic rings. The molecular formula is C14H23NO3. The number of rotatable bonds is 7. The van der Waals surface area contributed by atoms with Crippen molar-refractivity contribution in [2.75, 3.05) is 21.3 Å². The Hall–Kier alpha value is -1.42. The van der Waals surface area contributed by atoms with E-state index in [1.807, 2.05) is 12.1 Å². The van der Waals surface area contributed by atoms with Crippen molar-refractivity contribution in [3.8, 4) is 17.2 Å². The largest absolute Gasteiger partial charge is 0.493 e. The molecule has 4 nitrogen and oxygen atoms in total. The van der Waals surface area contributed by atoms with Crippen LogP contribution in [0.2, 0.25) is 0 Å². The molecule has 1 N–H and O–H groups in total. The smallest absolute Gasteiger partial charge is 0.203 e. The maximum atomic E-state index is 5.32. The molecular weight excluding hydrogens is 230 g/mol. The molecule has 0 saturated carbocycles. The van der Waals surface area contributed by atoms with Gasteiger partial charge in [-0.05, 0) is 31.0 Å². The van der Waals surface area contributed by atoms with Crippen molar-refractivity contribution in [3.63, 3.8) is 0 Å². The summed E-state index contributed by atoms with van der Waals surface area (Å²) >= 11 is 0. The average molecular weight is 253 g/mol. The van der Waals surface area contributed by atoms with E-state index in [2.05, 4.69) is 19.2 Å². The van der Waals surface area contributed by atoms with Crippen molar-refractivity contribution >= 4 is 0 Å². The average Bonchev–Trinajstić information content (AvgIpc) is 2.43. The lowest BCUT2D eigenvalue weighted by atomic mass is 10.1. The van der Waals surface area contributed by atoms with Crippen LogP contribution < -0.4 is 19.5 Å². The highest BCUT2D eigenvalue weighted by Gasteiger charge is 2.13. The summed E-state index contributed by atoms with van der Waals surface area (Å²) in [6.45, 7) is 5.11. The van der Waals surface area contributed by atoms with Gasteiger partial charge in [0.2, 0.25) is 5.75 Å². The van der Waals surface area contributed by atoms with Gasteiger partial charge in [-0.2, -0.15) is 0 Å². The first-order valence-corrected chi connectivity index (χ1v) is 6.18. The second kappa shape index (κ2) is 7.11. The van der Waals surface area contributed by atoms with Crippen molar-refractivity contribution in [3.05, 3.63) is 17.7 Å². The number of hydrogen-bond acceptors (Lipinski definition) is 4. The van der Waals surface area contributed by atoms with Gasteiger partial charge in [-0.15, -0.1) is 0 Å². The zero-order valence-electron chi connectivity index (χ0n) is 11.9. The molecule has 102 valence electrons. The van der Waals surface area contributed by atoms with E-state index in [1.165, 1.54) is 0 Å². The summed E-state index contributed by atoms with van der Waals surface area (Å²) in [5, 5.41) is 3.44. The summed E-state index contributed by atoms with van der Waals surface area (Å²) in [4.78, 5) is 0. The van der Waals surface area contributed by atoms with Gasteiger partial charge >= 0.3 is 0 Å². The Bertz CT molecular complexity index is 354. The monoisotopic (exact) mass is 253 g/mol. The standard InChI is InChI=1S/C14H23NO3/c1-6-10(2)15-9-11-7-12(16-3)14(18-5)13(8-11)17-4/h7-8,10,15H,6,9H2,1-5H3. The fraction of sp³-hybridized carbons (Fsp3) is 0.571. The van der Waals surface area contributed by atoms with Crippen molar-refractivity contribution in [2.45, 2.75) is 32.9 Å². The highest BCUT2D eigenvalue weighted by molar-refractivity contribution is 5.53. The molecule has 0 aliphatic carbocycles. The Morgan fingerprint density at radius 2 is 1.61 bits per heavy atom. The third-order valence-corrected chi connectivity index (χ3v) is 2.99. The highest BCUT2D eigenvalue weighted by atomic mass is 16.5. The van der Waals surface area contributed by atoms with Crippen LogP contribution in [0.1, 0.15) is 25.8 Å². The summed E-state index contributed by atoms with van der Waals surface area (Å²) in [5.41, 5.74) is 1.12. The minimum Gasteiger partial charge on any atom is -0.493 e. The first-order chi connectivity index (χ1) is 8.65. The van der Waals surface area contributed by atoms with Crippen LogP contribution in [0.25, 0.3) is 0 Å². The van der Waals surface area contributed by atoms with Gasteiger partial charge in [0, 0.05) is 12.6 Å². The predicted molar refractivity (Wildman–Crippen MR) is 72.7 cm³/mol. The molecule has 1 aromatic carbocycles. The Kier molecular flexibility index (Phi) is 5.78. The van der Waals surface area contributed by atoms with Crippen LogP contribution >= 0.6 is 0 Å². The van der Waals surface area contributed by atoms with Gasteiger partial charge in [0.15, 0.2) is 11.5 Å². The summed E-state index contributed by atoms with van der Waals surface area (Å²) in [7, 11) is 4.86. The molecule has 0 spiro atoms. The Labute approximate surface area is 109 Å². The third-order valence-electron chi connectivity index (χ3n) is 2.99. The van der Waals surface area contributed by atoms with Crippen molar-refractivity contribution in [1.29, 1.82) is 0 Å². The van der Waals surface area contributed by atoms with Crippen molar-refractivity contribution < 1.29 is 14.2 Å². The number of nitrogens with one attached hydrogen (secondary N) is 1. The topological polar surface area (TPSA) is 39.7 Å². The molecule has 18 heavy (non-hydrogen) atoms. The normalized spacial score (nSPS) is 12.1. The number of benzene rings is 1. The second-order valence-electron chi connectivity index (χ2n) is 4.22. The molecule has 0 bridgehead atoms. The first kappa shape index (κ1) is 14.6. The number of hydrogen-bond donors (Lipinski definition) is 1. The molecule has 1 atom stereocenters. The molecule has 0 fully saturated rings. The van der Waals surface area contributed by atoms with E-state index >= 15 is 0 Å². The lowest BCUT2D eigenvalue weighted by Crippen LogP contribution is -2.24. The number of ether oxygens (including phenoxy) is 3. The van der Waals surface area contributed by atoms with Gasteiger partial charge in [0.05, 0.1) is 21.3 Å². The van der Waals surface area contributed by atoms with Crippen LogP contribution in [0.15, 0.2) is 12.1 Å². The van der Waals surface area contributed by atoms with Crippen LogP contribution in [-0.4, -0.2) is 27.4 Å². The maximum Gasteiger partial charge on any atom is 0.203 e. The highest BCUT2D eigenvalue weighted by Crippen LogP contribution is 2.38. The predicted octanol–water partition coefficient (Wildman–Crippen LogP) is 2.60. The van der Waals surface area contributed by atoms with Crippen molar-refractivity contribution in [2.24, 2.45) is 0 Å². The molecule has 1 unspecified atom stereocenters. The molecule has 0 amide bonds. The lowest BCUT2D eigenvalue weighted by Gasteiger charge is -2.16. The van der Waals surface area contributed by atoms with E-state index in [0.717, 1.165) is 18.5 Å². The Morgan fingerprint density at radius 3 is 2.00 bits per heavy atom. The van der Waals surface area contributed by atoms with Crippen LogP contribution in [0.5, 0.6) is 17.2 Å². The molecule has 0 radical (unpaired) electrons. The van der Waals surface area contributed by atoms with E-state index in [1.54, 1.807) is 21.3 Å². The van der Waals surface area contributed by atoms with Crippen LogP contribution in [0.3, 0.4) is 0 Å². The molecule has 0 heterocycles. The van der Waals surface area contributed by atoms with E-state index in [0.29, 0.717) is 23.3 Å².